The van der Waals surface area contributed by atoms with E-state index in [9.17, 15) is 19.5 Å². The highest BCUT2D eigenvalue weighted by Gasteiger charge is 2.42. The smallest absolute Gasteiger partial charge is 0.478 e. The zero-order valence-corrected chi connectivity index (χ0v) is 22.0. The van der Waals surface area contributed by atoms with Gasteiger partial charge in [0.1, 0.15) is 12.1 Å². The molecule has 1 aliphatic heterocycles. The van der Waals surface area contributed by atoms with Crippen LogP contribution in [0.25, 0.3) is 33.5 Å². The Labute approximate surface area is 232 Å². The Morgan fingerprint density at radius 2 is 1.85 bits per heavy atom. The molecule has 12 heteroatoms. The number of hydrogen-bond donors (Lipinski definition) is 2. The molecule has 3 aromatic carbocycles. The number of nitrogens with one attached hydrogen (secondary N) is 1. The topological polar surface area (TPSA) is 159 Å². The average molecular weight is 557 g/mol. The van der Waals surface area contributed by atoms with Gasteiger partial charge in [-0.2, -0.15) is 4.98 Å². The molecule has 2 aromatic heterocycles. The minimum absolute atomic E-state index is 0.0307. The van der Waals surface area contributed by atoms with Crippen LogP contribution in [-0.2, 0) is 21.6 Å². The number of rotatable bonds is 8. The molecule has 1 saturated heterocycles. The lowest BCUT2D eigenvalue weighted by atomic mass is 9.94. The number of carboxylic acid groups (broad SMARTS) is 1. The van der Waals surface area contributed by atoms with Crippen LogP contribution in [0, 0.1) is 0 Å². The van der Waals surface area contributed by atoms with E-state index in [-0.39, 0.29) is 24.7 Å². The maximum absolute atomic E-state index is 12.3. The van der Waals surface area contributed by atoms with Gasteiger partial charge in [-0.05, 0) is 36.6 Å². The van der Waals surface area contributed by atoms with Crippen molar-refractivity contribution in [2.45, 2.75) is 26.0 Å². The molecule has 1 fully saturated rings. The maximum Gasteiger partial charge on any atom is 0.509 e. The van der Waals surface area contributed by atoms with E-state index in [4.69, 9.17) is 14.2 Å². The quantitative estimate of drug-likeness (QED) is 0.259. The third-order valence-electron chi connectivity index (χ3n) is 6.94. The number of nitrogens with zero attached hydrogens (tertiary/aromatic N) is 3. The van der Waals surface area contributed by atoms with Crippen molar-refractivity contribution >= 4 is 23.2 Å². The fourth-order valence-corrected chi connectivity index (χ4v) is 5.03. The molecule has 208 valence electrons. The number of fused-ring (bicyclic) bond motifs is 1. The molecular weight excluding hydrogens is 532 g/mol. The normalized spacial score (nSPS) is 16.5. The third-order valence-corrected chi connectivity index (χ3v) is 6.94. The second-order valence-corrected chi connectivity index (χ2v) is 9.63. The SMILES string of the molecule is CCOc1nc2c(C3(C)COC(=O)O3)ccc(C(=O)O)c2n1Cc1ccc(-c2ccccc2-c2noc(=O)[nH]2)cc1. The van der Waals surface area contributed by atoms with Crippen molar-refractivity contribution < 1.29 is 33.4 Å². The van der Waals surface area contributed by atoms with Crippen molar-refractivity contribution in [3.05, 3.63) is 87.9 Å². The lowest BCUT2D eigenvalue weighted by Crippen LogP contribution is -2.25. The van der Waals surface area contributed by atoms with E-state index in [1.165, 1.54) is 6.07 Å². The highest BCUT2D eigenvalue weighted by Crippen LogP contribution is 2.39. The number of carboxylic acids is 1. The minimum Gasteiger partial charge on any atom is -0.478 e. The summed E-state index contributed by atoms with van der Waals surface area (Å²) in [5, 5.41) is 13.8. The highest BCUT2D eigenvalue weighted by molar-refractivity contribution is 6.03. The maximum atomic E-state index is 12.3. The first-order valence-electron chi connectivity index (χ1n) is 12.8. The molecular formula is C29H24N4O8. The Balaban J connectivity index is 1.42. The van der Waals surface area contributed by atoms with Gasteiger partial charge < -0.3 is 19.3 Å². The van der Waals surface area contributed by atoms with Crippen LogP contribution in [0.4, 0.5) is 4.79 Å². The van der Waals surface area contributed by atoms with Gasteiger partial charge in [0.15, 0.2) is 11.4 Å². The second kappa shape index (κ2) is 9.97. The number of hydrogen-bond acceptors (Lipinski definition) is 9. The van der Waals surface area contributed by atoms with Crippen LogP contribution in [0.15, 0.2) is 70.0 Å². The number of imidazole rings is 1. The van der Waals surface area contributed by atoms with Gasteiger partial charge in [-0.1, -0.05) is 59.8 Å². The van der Waals surface area contributed by atoms with Gasteiger partial charge >= 0.3 is 17.9 Å². The van der Waals surface area contributed by atoms with Gasteiger partial charge in [0.25, 0.3) is 6.01 Å². The predicted octanol–water partition coefficient (Wildman–Crippen LogP) is 4.57. The number of carbonyl (C=O) groups is 2. The minimum atomic E-state index is -1.14. The van der Waals surface area contributed by atoms with Crippen molar-refractivity contribution in [2.24, 2.45) is 0 Å². The molecule has 0 saturated carbocycles. The number of aromatic amines is 1. The molecule has 3 heterocycles. The van der Waals surface area contributed by atoms with Crippen molar-refractivity contribution in [3.8, 4) is 28.5 Å². The number of benzene rings is 3. The van der Waals surface area contributed by atoms with Gasteiger partial charge in [0, 0.05) is 11.1 Å². The Hall–Kier alpha value is -5.39. The molecule has 0 amide bonds. The van der Waals surface area contributed by atoms with E-state index >= 15 is 0 Å². The van der Waals surface area contributed by atoms with Crippen LogP contribution in [0.2, 0.25) is 0 Å². The first kappa shape index (κ1) is 25.9. The summed E-state index contributed by atoms with van der Waals surface area (Å²) in [5.74, 6) is -1.45. The Morgan fingerprint density at radius 3 is 2.49 bits per heavy atom. The summed E-state index contributed by atoms with van der Waals surface area (Å²) in [6.45, 7) is 4.02. The van der Waals surface area contributed by atoms with E-state index in [0.717, 1.165) is 16.7 Å². The molecule has 0 radical (unpaired) electrons. The van der Waals surface area contributed by atoms with Crippen LogP contribution in [-0.4, -0.2) is 50.1 Å². The van der Waals surface area contributed by atoms with E-state index in [1.807, 2.05) is 55.5 Å². The fraction of sp³-hybridized carbons (Fsp3) is 0.207. The zero-order valence-electron chi connectivity index (χ0n) is 22.0. The lowest BCUT2D eigenvalue weighted by Gasteiger charge is -2.21. The van der Waals surface area contributed by atoms with Gasteiger partial charge in [0.05, 0.1) is 24.2 Å². The van der Waals surface area contributed by atoms with Crippen molar-refractivity contribution in [2.75, 3.05) is 13.2 Å². The number of aromatic nitrogens is 4. The summed E-state index contributed by atoms with van der Waals surface area (Å²) in [7, 11) is 0. The van der Waals surface area contributed by atoms with Crippen molar-refractivity contribution in [3.63, 3.8) is 0 Å². The van der Waals surface area contributed by atoms with Gasteiger partial charge in [-0.15, -0.1) is 0 Å². The molecule has 41 heavy (non-hydrogen) atoms. The van der Waals surface area contributed by atoms with Crippen LogP contribution in [0.5, 0.6) is 6.01 Å². The zero-order chi connectivity index (χ0) is 28.7. The highest BCUT2D eigenvalue weighted by atomic mass is 16.8. The number of H-pyrrole nitrogens is 1. The number of aromatic carboxylic acids is 1. The molecule has 0 spiro atoms. The molecule has 2 N–H and O–H groups in total. The third kappa shape index (κ3) is 4.58. The first-order valence-corrected chi connectivity index (χ1v) is 12.8. The fourth-order valence-electron chi connectivity index (χ4n) is 5.03. The summed E-state index contributed by atoms with van der Waals surface area (Å²) >= 11 is 0. The van der Waals surface area contributed by atoms with Gasteiger partial charge in [-0.3, -0.25) is 14.1 Å². The summed E-state index contributed by atoms with van der Waals surface area (Å²) in [6.07, 6.45) is -0.802. The van der Waals surface area contributed by atoms with Crippen LogP contribution in [0.1, 0.15) is 35.3 Å². The monoisotopic (exact) mass is 556 g/mol. The first-order chi connectivity index (χ1) is 19.8. The molecule has 1 aliphatic rings. The molecule has 0 aliphatic carbocycles. The molecule has 5 aromatic rings. The molecule has 1 atom stereocenters. The van der Waals surface area contributed by atoms with Crippen LogP contribution < -0.4 is 10.5 Å². The van der Waals surface area contributed by atoms with Crippen LogP contribution >= 0.6 is 0 Å². The molecule has 0 bridgehead atoms. The van der Waals surface area contributed by atoms with E-state index in [0.29, 0.717) is 34.6 Å². The van der Waals surface area contributed by atoms with Crippen LogP contribution in [0.3, 0.4) is 0 Å². The summed E-state index contributed by atoms with van der Waals surface area (Å²) in [5.41, 5.74) is 3.36. The number of carbonyl (C=O) groups excluding carboxylic acids is 1. The largest absolute Gasteiger partial charge is 0.509 e. The molecule has 6 rings (SSSR count). The molecule has 1 unspecified atom stereocenters. The van der Waals surface area contributed by atoms with Crippen molar-refractivity contribution in [1.29, 1.82) is 0 Å². The Morgan fingerprint density at radius 1 is 1.10 bits per heavy atom. The van der Waals surface area contributed by atoms with E-state index < -0.39 is 23.5 Å². The van der Waals surface area contributed by atoms with Crippen molar-refractivity contribution in [1.82, 2.24) is 19.7 Å². The second-order valence-electron chi connectivity index (χ2n) is 9.63. The predicted molar refractivity (Wildman–Crippen MR) is 145 cm³/mol. The van der Waals surface area contributed by atoms with E-state index in [2.05, 4.69) is 19.6 Å². The standard InChI is InChI=1S/C29H24N4O8/c1-3-38-26-30-22-21(29(2)15-39-28(37)40-29)13-12-20(25(34)35)23(22)33(26)14-16-8-10-17(11-9-16)18-6-4-5-7-19(18)24-31-27(36)41-32-24/h4-13H,3,14-15H2,1-2H3,(H,34,35)(H,31,32,36). The van der Waals surface area contributed by atoms with Gasteiger partial charge in [-0.25, -0.2) is 14.4 Å². The summed E-state index contributed by atoms with van der Waals surface area (Å²) in [4.78, 5) is 42.8. The lowest BCUT2D eigenvalue weighted by molar-refractivity contribution is 0.0681. The summed E-state index contributed by atoms with van der Waals surface area (Å²) in [6, 6.07) is 18.4. The Bertz CT molecular complexity index is 1850. The molecule has 12 nitrogen and oxygen atoms in total. The average Bonchev–Trinajstić information content (AvgIpc) is 3.66. The Kier molecular flexibility index (Phi) is 6.29. The number of ether oxygens (including phenoxy) is 3. The van der Waals surface area contributed by atoms with E-state index in [1.54, 1.807) is 17.6 Å². The van der Waals surface area contributed by atoms with Gasteiger partial charge in [0.2, 0.25) is 0 Å². The number of cyclic esters (lactones) is 2. The summed E-state index contributed by atoms with van der Waals surface area (Å²) < 4.78 is 22.7.